The number of anilines is 1. The summed E-state index contributed by atoms with van der Waals surface area (Å²) in [5.41, 5.74) is 10.6. The zero-order chi connectivity index (χ0) is 18.1. The van der Waals surface area contributed by atoms with Crippen LogP contribution in [-0.4, -0.2) is 42.0 Å². The van der Waals surface area contributed by atoms with Gasteiger partial charge in [0, 0.05) is 17.8 Å². The van der Waals surface area contributed by atoms with Gasteiger partial charge in [-0.05, 0) is 37.6 Å². The molecule has 1 aromatic carbocycles. The zero-order valence-electron chi connectivity index (χ0n) is 15.0. The third-order valence-electron chi connectivity index (χ3n) is 4.60. The Morgan fingerprint density at radius 3 is 2.44 bits per heavy atom. The van der Waals surface area contributed by atoms with Crippen LogP contribution in [0.25, 0.3) is 0 Å². The van der Waals surface area contributed by atoms with Gasteiger partial charge in [0.2, 0.25) is 5.71 Å². The van der Waals surface area contributed by atoms with Crippen LogP contribution < -0.4 is 10.6 Å². The van der Waals surface area contributed by atoms with E-state index < -0.39 is 0 Å². The number of allylic oxidation sites excluding steroid dienone is 3. The number of rotatable bonds is 2. The second-order valence-electron chi connectivity index (χ2n) is 6.47. The number of nitrogens with zero attached hydrogens (tertiary/aromatic N) is 3. The standard InChI is InChI=1S/C20H22N4O/c1-13-14(2)24(15-8-6-5-7-9-15)20(25)19(13)22-18-11-10-16(23(3)4)12-17(18)21/h5-12,14,21H,1-4H3/p+1. The number of amides is 1. The molecule has 0 saturated carbocycles. The smallest absolute Gasteiger partial charge is 0.277 e. The quantitative estimate of drug-likeness (QED) is 0.666. The highest BCUT2D eigenvalue weighted by Gasteiger charge is 2.35. The highest BCUT2D eigenvalue weighted by Crippen LogP contribution is 2.31. The monoisotopic (exact) mass is 335 g/mol. The van der Waals surface area contributed by atoms with Crippen molar-refractivity contribution in [1.29, 1.82) is 0 Å². The number of para-hydroxylation sites is 1. The molecule has 1 unspecified atom stereocenters. The Kier molecular flexibility index (Phi) is 4.40. The molecular weight excluding hydrogens is 312 g/mol. The summed E-state index contributed by atoms with van der Waals surface area (Å²) in [4.78, 5) is 19.3. The van der Waals surface area contributed by atoms with Crippen molar-refractivity contribution in [3.8, 4) is 0 Å². The Hall–Kier alpha value is -2.95. The Balaban J connectivity index is 1.96. The lowest BCUT2D eigenvalue weighted by molar-refractivity contribution is -0.462. The maximum absolute atomic E-state index is 12.9. The van der Waals surface area contributed by atoms with Gasteiger partial charge in [0.05, 0.1) is 17.5 Å². The minimum atomic E-state index is -0.0905. The first-order valence-electron chi connectivity index (χ1n) is 8.28. The molecule has 1 heterocycles. The van der Waals surface area contributed by atoms with E-state index in [-0.39, 0.29) is 11.9 Å². The van der Waals surface area contributed by atoms with Gasteiger partial charge < -0.3 is 10.6 Å². The number of nitrogens with two attached hydrogens (primary N) is 1. The first kappa shape index (κ1) is 16.9. The summed E-state index contributed by atoms with van der Waals surface area (Å²) in [5.74, 6) is -0.0905. The van der Waals surface area contributed by atoms with Gasteiger partial charge in [0.25, 0.3) is 5.91 Å². The molecule has 0 radical (unpaired) electrons. The van der Waals surface area contributed by atoms with Gasteiger partial charge in [0.1, 0.15) is 19.8 Å². The molecule has 2 aliphatic rings. The molecule has 128 valence electrons. The molecule has 5 heteroatoms. The molecule has 0 fully saturated rings. The molecule has 0 bridgehead atoms. The Bertz CT molecular complexity index is 868. The van der Waals surface area contributed by atoms with Crippen LogP contribution in [-0.2, 0) is 4.79 Å². The molecule has 1 amide bonds. The van der Waals surface area contributed by atoms with Crippen molar-refractivity contribution >= 4 is 23.0 Å². The Morgan fingerprint density at radius 1 is 1.16 bits per heavy atom. The summed E-state index contributed by atoms with van der Waals surface area (Å²) in [7, 11) is 3.91. The summed E-state index contributed by atoms with van der Waals surface area (Å²) in [6.45, 7) is 3.97. The lowest BCUT2D eigenvalue weighted by Gasteiger charge is -2.22. The van der Waals surface area contributed by atoms with Crippen LogP contribution in [0.3, 0.4) is 0 Å². The van der Waals surface area contributed by atoms with E-state index in [4.69, 9.17) is 5.73 Å². The van der Waals surface area contributed by atoms with Gasteiger partial charge in [-0.15, -0.1) is 0 Å². The van der Waals surface area contributed by atoms with Crippen LogP contribution in [0.5, 0.6) is 0 Å². The highest BCUT2D eigenvalue weighted by atomic mass is 16.2. The largest absolute Gasteiger partial charge is 0.397 e. The fourth-order valence-electron chi connectivity index (χ4n) is 2.96. The second-order valence-corrected chi connectivity index (χ2v) is 6.47. The fourth-order valence-corrected chi connectivity index (χ4v) is 2.96. The summed E-state index contributed by atoms with van der Waals surface area (Å²) in [5, 5.41) is 0. The minimum absolute atomic E-state index is 0.0316. The summed E-state index contributed by atoms with van der Waals surface area (Å²) in [6.07, 6.45) is 5.67. The first-order chi connectivity index (χ1) is 11.9. The Morgan fingerprint density at radius 2 is 1.84 bits per heavy atom. The van der Waals surface area contributed by atoms with Crippen LogP contribution >= 0.6 is 0 Å². The van der Waals surface area contributed by atoms with E-state index in [0.717, 1.165) is 17.0 Å². The lowest BCUT2D eigenvalue weighted by Crippen LogP contribution is -2.33. The maximum Gasteiger partial charge on any atom is 0.277 e. The normalized spacial score (nSPS) is 22.1. The number of hydrogen-bond donors (Lipinski definition) is 1. The molecule has 0 aromatic heterocycles. The van der Waals surface area contributed by atoms with E-state index >= 15 is 0 Å². The summed E-state index contributed by atoms with van der Waals surface area (Å²) in [6, 6.07) is 9.63. The fraction of sp³-hybridized carbons (Fsp3) is 0.250. The molecule has 1 aromatic rings. The van der Waals surface area contributed by atoms with E-state index in [1.54, 1.807) is 4.90 Å². The predicted molar refractivity (Wildman–Crippen MR) is 102 cm³/mol. The van der Waals surface area contributed by atoms with E-state index in [1.807, 2.05) is 81.1 Å². The molecule has 1 atom stereocenters. The van der Waals surface area contributed by atoms with Gasteiger partial charge >= 0.3 is 0 Å². The van der Waals surface area contributed by atoms with E-state index in [9.17, 15) is 4.79 Å². The van der Waals surface area contributed by atoms with Crippen molar-refractivity contribution in [2.45, 2.75) is 19.9 Å². The summed E-state index contributed by atoms with van der Waals surface area (Å²) >= 11 is 0. The second kappa shape index (κ2) is 6.51. The van der Waals surface area contributed by atoms with Crippen molar-refractivity contribution in [3.63, 3.8) is 0 Å². The van der Waals surface area contributed by atoms with Crippen LogP contribution in [0, 0.1) is 0 Å². The van der Waals surface area contributed by atoms with E-state index in [1.165, 1.54) is 0 Å². The SMILES string of the molecule is CC1=C(N=C2C=CC(=[N+](C)C)C=C2N)C(=O)N(c2ccccc2)C1C. The van der Waals surface area contributed by atoms with Gasteiger partial charge in [-0.25, -0.2) is 9.57 Å². The highest BCUT2D eigenvalue weighted by molar-refractivity contribution is 6.21. The topological polar surface area (TPSA) is 61.7 Å². The van der Waals surface area contributed by atoms with Crippen LogP contribution in [0.2, 0.25) is 0 Å². The molecule has 2 N–H and O–H groups in total. The number of benzene rings is 1. The maximum atomic E-state index is 12.9. The molecule has 0 saturated heterocycles. The van der Waals surface area contributed by atoms with Crippen LogP contribution in [0.1, 0.15) is 13.8 Å². The zero-order valence-corrected chi connectivity index (χ0v) is 15.0. The van der Waals surface area contributed by atoms with Crippen molar-refractivity contribution in [2.24, 2.45) is 10.7 Å². The van der Waals surface area contributed by atoms with Gasteiger partial charge in [-0.2, -0.15) is 0 Å². The molecule has 0 spiro atoms. The predicted octanol–water partition coefficient (Wildman–Crippen LogP) is 2.26. The number of carbonyl (C=O) groups is 1. The number of carbonyl (C=O) groups excluding carboxylic acids is 1. The van der Waals surface area contributed by atoms with E-state index in [2.05, 4.69) is 4.99 Å². The van der Waals surface area contributed by atoms with Gasteiger partial charge in [-0.1, -0.05) is 18.2 Å². The summed E-state index contributed by atoms with van der Waals surface area (Å²) < 4.78 is 1.98. The first-order valence-corrected chi connectivity index (χ1v) is 8.28. The molecule has 1 aliphatic heterocycles. The van der Waals surface area contributed by atoms with Gasteiger partial charge in [0.15, 0.2) is 0 Å². The lowest BCUT2D eigenvalue weighted by atomic mass is 10.1. The Labute approximate surface area is 148 Å². The number of aliphatic imine (C=N–C) groups is 1. The number of hydrogen-bond acceptors (Lipinski definition) is 3. The molecular formula is C20H23N4O+. The van der Waals surface area contributed by atoms with Crippen LogP contribution in [0.15, 0.2) is 70.5 Å². The average molecular weight is 335 g/mol. The van der Waals surface area contributed by atoms with Crippen molar-refractivity contribution in [3.05, 3.63) is 65.5 Å². The average Bonchev–Trinajstić information content (AvgIpc) is 2.80. The van der Waals surface area contributed by atoms with Crippen molar-refractivity contribution in [1.82, 2.24) is 0 Å². The third kappa shape index (κ3) is 3.05. The third-order valence-corrected chi connectivity index (χ3v) is 4.60. The molecule has 3 rings (SSSR count). The van der Waals surface area contributed by atoms with E-state index in [0.29, 0.717) is 17.1 Å². The van der Waals surface area contributed by atoms with Crippen molar-refractivity contribution in [2.75, 3.05) is 19.0 Å². The van der Waals surface area contributed by atoms with Crippen molar-refractivity contribution < 1.29 is 9.37 Å². The minimum Gasteiger partial charge on any atom is -0.397 e. The van der Waals surface area contributed by atoms with Crippen LogP contribution in [0.4, 0.5) is 5.69 Å². The molecule has 25 heavy (non-hydrogen) atoms. The van der Waals surface area contributed by atoms with Gasteiger partial charge in [-0.3, -0.25) is 4.79 Å². The molecule has 5 nitrogen and oxygen atoms in total. The molecule has 1 aliphatic carbocycles.